The van der Waals surface area contributed by atoms with Crippen molar-refractivity contribution in [2.24, 2.45) is 0 Å². The van der Waals surface area contributed by atoms with Crippen LogP contribution in [0.25, 0.3) is 0 Å². The van der Waals surface area contributed by atoms with Gasteiger partial charge in [0.25, 0.3) is 5.91 Å². The van der Waals surface area contributed by atoms with E-state index in [4.69, 9.17) is 11.6 Å². The second-order valence-corrected chi connectivity index (χ2v) is 6.07. The normalized spacial score (nSPS) is 18.1. The maximum absolute atomic E-state index is 12.6. The number of nitrogens with one attached hydrogen (secondary N) is 1. The largest absolute Gasteiger partial charge is 0.328 e. The lowest BCUT2D eigenvalue weighted by Gasteiger charge is -2.36. The molecule has 0 saturated carbocycles. The highest BCUT2D eigenvalue weighted by molar-refractivity contribution is 7.12. The summed E-state index contributed by atoms with van der Waals surface area (Å²) < 4.78 is 0. The number of rotatable bonds is 2. The molecule has 1 aromatic heterocycles. The molecule has 21 heavy (non-hydrogen) atoms. The third-order valence-corrected chi connectivity index (χ3v) is 4.70. The third kappa shape index (κ3) is 3.40. The van der Waals surface area contributed by atoms with E-state index in [1.54, 1.807) is 0 Å². The van der Waals surface area contributed by atoms with Crippen LogP contribution in [0.2, 0.25) is 5.02 Å². The molecule has 3 nitrogen and oxygen atoms in total. The predicted molar refractivity (Wildman–Crippen MR) is 89.7 cm³/mol. The van der Waals surface area contributed by atoms with Crippen molar-refractivity contribution in [1.82, 2.24) is 10.2 Å². The van der Waals surface area contributed by atoms with E-state index in [1.807, 2.05) is 46.7 Å². The highest BCUT2D eigenvalue weighted by Gasteiger charge is 2.30. The third-order valence-electron chi connectivity index (χ3n) is 3.50. The van der Waals surface area contributed by atoms with E-state index in [0.29, 0.717) is 11.6 Å². The molecular formula is C15H16Cl2N2OS. The maximum atomic E-state index is 12.6. The predicted octanol–water partition coefficient (Wildman–Crippen LogP) is 3.61. The molecular weight excluding hydrogens is 327 g/mol. The van der Waals surface area contributed by atoms with Crippen molar-refractivity contribution in [3.63, 3.8) is 0 Å². The number of hydrogen-bond acceptors (Lipinski definition) is 3. The Labute approximate surface area is 139 Å². The van der Waals surface area contributed by atoms with Crippen LogP contribution in [0.4, 0.5) is 0 Å². The van der Waals surface area contributed by atoms with Crippen molar-refractivity contribution < 1.29 is 4.79 Å². The quantitative estimate of drug-likeness (QED) is 0.904. The van der Waals surface area contributed by atoms with E-state index in [0.717, 1.165) is 23.5 Å². The number of piperazine rings is 1. The Morgan fingerprint density at radius 2 is 2.10 bits per heavy atom. The summed E-state index contributed by atoms with van der Waals surface area (Å²) in [5, 5.41) is 5.99. The van der Waals surface area contributed by atoms with E-state index < -0.39 is 0 Å². The Bertz CT molecular complexity index is 603. The molecule has 6 heteroatoms. The van der Waals surface area contributed by atoms with Gasteiger partial charge in [0.1, 0.15) is 0 Å². The molecule has 3 rings (SSSR count). The first kappa shape index (κ1) is 16.3. The van der Waals surface area contributed by atoms with E-state index in [-0.39, 0.29) is 24.4 Å². The zero-order valence-corrected chi connectivity index (χ0v) is 13.7. The number of nitrogens with zero attached hydrogens (tertiary/aromatic N) is 1. The molecule has 0 spiro atoms. The van der Waals surface area contributed by atoms with Crippen molar-refractivity contribution >= 4 is 41.3 Å². The van der Waals surface area contributed by atoms with Gasteiger partial charge in [0.2, 0.25) is 0 Å². The van der Waals surface area contributed by atoms with Gasteiger partial charge in [-0.2, -0.15) is 0 Å². The molecule has 1 unspecified atom stereocenters. The van der Waals surface area contributed by atoms with Crippen molar-refractivity contribution in [3.05, 3.63) is 57.2 Å². The first-order valence-corrected chi connectivity index (χ1v) is 7.83. The number of carbonyl (C=O) groups is 1. The smallest absolute Gasteiger partial charge is 0.264 e. The minimum Gasteiger partial charge on any atom is -0.328 e. The summed E-state index contributed by atoms with van der Waals surface area (Å²) in [6.45, 7) is 2.26. The summed E-state index contributed by atoms with van der Waals surface area (Å²) in [7, 11) is 0. The second kappa shape index (κ2) is 7.27. The molecule has 1 aromatic carbocycles. The van der Waals surface area contributed by atoms with Gasteiger partial charge in [-0.05, 0) is 23.1 Å². The minimum atomic E-state index is -0.00736. The lowest BCUT2D eigenvalue weighted by Crippen LogP contribution is -2.48. The van der Waals surface area contributed by atoms with Gasteiger partial charge in [0.05, 0.1) is 10.9 Å². The van der Waals surface area contributed by atoms with Gasteiger partial charge >= 0.3 is 0 Å². The number of hydrogen-bond donors (Lipinski definition) is 1. The van der Waals surface area contributed by atoms with Crippen molar-refractivity contribution in [2.75, 3.05) is 19.6 Å². The standard InChI is InChI=1S/C15H15ClN2OS.ClH/c16-12-5-2-1-4-11(12)13-10-17-7-8-18(13)15(19)14-6-3-9-20-14;/h1-6,9,13,17H,7-8,10H2;1H. The van der Waals surface area contributed by atoms with Crippen LogP contribution in [-0.2, 0) is 0 Å². The zero-order valence-electron chi connectivity index (χ0n) is 11.3. The molecule has 1 aliphatic heterocycles. The monoisotopic (exact) mass is 342 g/mol. The van der Waals surface area contributed by atoms with Gasteiger partial charge < -0.3 is 10.2 Å². The van der Waals surface area contributed by atoms with Gasteiger partial charge in [0, 0.05) is 24.7 Å². The number of thiophene rings is 1. The van der Waals surface area contributed by atoms with E-state index in [1.165, 1.54) is 11.3 Å². The molecule has 2 heterocycles. The second-order valence-electron chi connectivity index (χ2n) is 4.72. The summed E-state index contributed by atoms with van der Waals surface area (Å²) >= 11 is 7.77. The van der Waals surface area contributed by atoms with Crippen LogP contribution in [0, 0.1) is 0 Å². The van der Waals surface area contributed by atoms with Crippen LogP contribution in [0.15, 0.2) is 41.8 Å². The number of benzene rings is 1. The lowest BCUT2D eigenvalue weighted by molar-refractivity contribution is 0.0639. The highest BCUT2D eigenvalue weighted by atomic mass is 35.5. The summed E-state index contributed by atoms with van der Waals surface area (Å²) in [5.41, 5.74) is 1.01. The SMILES string of the molecule is Cl.O=C(c1cccs1)N1CCNCC1c1ccccc1Cl. The Balaban J connectivity index is 0.00000161. The molecule has 1 atom stereocenters. The van der Waals surface area contributed by atoms with Gasteiger partial charge in [-0.1, -0.05) is 35.9 Å². The molecule has 1 aliphatic rings. The fourth-order valence-corrected chi connectivity index (χ4v) is 3.45. The van der Waals surface area contributed by atoms with Gasteiger partial charge in [-0.25, -0.2) is 0 Å². The first-order chi connectivity index (χ1) is 9.77. The molecule has 2 aromatic rings. The van der Waals surface area contributed by atoms with Crippen LogP contribution in [-0.4, -0.2) is 30.4 Å². The van der Waals surface area contributed by atoms with Gasteiger partial charge in [0.15, 0.2) is 0 Å². The summed E-state index contributed by atoms with van der Waals surface area (Å²) in [6, 6.07) is 11.5. The van der Waals surface area contributed by atoms with E-state index >= 15 is 0 Å². The van der Waals surface area contributed by atoms with Crippen LogP contribution in [0.3, 0.4) is 0 Å². The molecule has 0 aliphatic carbocycles. The van der Waals surface area contributed by atoms with Crippen LogP contribution < -0.4 is 5.32 Å². The number of halogens is 2. The van der Waals surface area contributed by atoms with Crippen molar-refractivity contribution in [3.8, 4) is 0 Å². The van der Waals surface area contributed by atoms with Crippen LogP contribution in [0.1, 0.15) is 21.3 Å². The van der Waals surface area contributed by atoms with Crippen molar-refractivity contribution in [1.29, 1.82) is 0 Å². The van der Waals surface area contributed by atoms with Crippen LogP contribution in [0.5, 0.6) is 0 Å². The zero-order chi connectivity index (χ0) is 13.9. The molecule has 0 bridgehead atoms. The lowest BCUT2D eigenvalue weighted by atomic mass is 10.0. The molecule has 1 N–H and O–H groups in total. The van der Waals surface area contributed by atoms with Gasteiger partial charge in [-0.3, -0.25) is 4.79 Å². The number of carbonyl (C=O) groups excluding carboxylic acids is 1. The average Bonchev–Trinajstić information content (AvgIpc) is 3.01. The summed E-state index contributed by atoms with van der Waals surface area (Å²) in [6.07, 6.45) is 0. The molecule has 112 valence electrons. The topological polar surface area (TPSA) is 32.3 Å². The highest BCUT2D eigenvalue weighted by Crippen LogP contribution is 2.30. The average molecular weight is 343 g/mol. The van der Waals surface area contributed by atoms with Crippen LogP contribution >= 0.6 is 35.3 Å². The Morgan fingerprint density at radius 1 is 1.29 bits per heavy atom. The Morgan fingerprint density at radius 3 is 2.81 bits per heavy atom. The fourth-order valence-electron chi connectivity index (χ4n) is 2.51. The van der Waals surface area contributed by atoms with Crippen molar-refractivity contribution in [2.45, 2.75) is 6.04 Å². The van der Waals surface area contributed by atoms with E-state index in [9.17, 15) is 4.79 Å². The molecule has 0 radical (unpaired) electrons. The first-order valence-electron chi connectivity index (χ1n) is 6.57. The van der Waals surface area contributed by atoms with E-state index in [2.05, 4.69) is 5.32 Å². The summed E-state index contributed by atoms with van der Waals surface area (Å²) in [5.74, 6) is 0.0893. The Hall–Kier alpha value is -1.07. The maximum Gasteiger partial charge on any atom is 0.264 e. The fraction of sp³-hybridized carbons (Fsp3) is 0.267. The number of amides is 1. The molecule has 1 saturated heterocycles. The molecule has 1 fully saturated rings. The Kier molecular flexibility index (Phi) is 5.65. The molecule has 1 amide bonds. The minimum absolute atomic E-state index is 0. The summed E-state index contributed by atoms with van der Waals surface area (Å²) in [4.78, 5) is 15.3. The van der Waals surface area contributed by atoms with Gasteiger partial charge in [-0.15, -0.1) is 23.7 Å².